The minimum absolute atomic E-state index is 0.265. The molecule has 0 aliphatic heterocycles. The van der Waals surface area contributed by atoms with Crippen molar-refractivity contribution in [2.24, 2.45) is 0 Å². The molecule has 0 heterocycles. The summed E-state index contributed by atoms with van der Waals surface area (Å²) in [6.45, 7) is 2.40. The highest BCUT2D eigenvalue weighted by Crippen LogP contribution is 2.19. The Labute approximate surface area is 126 Å². The number of methoxy groups -OCH3 is 1. The molecule has 1 rings (SSSR count). The van der Waals surface area contributed by atoms with Gasteiger partial charge in [-0.25, -0.2) is 8.42 Å². The van der Waals surface area contributed by atoms with Crippen LogP contribution in [0.3, 0.4) is 0 Å². The van der Waals surface area contributed by atoms with Gasteiger partial charge in [0.2, 0.25) is 0 Å². The molecule has 0 saturated heterocycles. The van der Waals surface area contributed by atoms with E-state index in [1.165, 1.54) is 16.7 Å². The van der Waals surface area contributed by atoms with Crippen molar-refractivity contribution in [2.45, 2.75) is 17.9 Å². The van der Waals surface area contributed by atoms with E-state index in [0.29, 0.717) is 13.0 Å². The first-order valence-electron chi connectivity index (χ1n) is 6.60. The fourth-order valence-electron chi connectivity index (χ4n) is 1.62. The molecule has 20 heavy (non-hydrogen) atoms. The average Bonchev–Trinajstić information content (AvgIpc) is 2.40. The number of benzene rings is 1. The third kappa shape index (κ3) is 8.58. The number of hydrogen-bond acceptors (Lipinski definition) is 5. The zero-order valence-corrected chi connectivity index (χ0v) is 13.7. The van der Waals surface area contributed by atoms with Gasteiger partial charge in [-0.05, 0) is 29.9 Å². The molecule has 0 radical (unpaired) electrons. The first kappa shape index (κ1) is 17.5. The summed E-state index contributed by atoms with van der Waals surface area (Å²) in [6.07, 6.45) is 1.98. The molecule has 0 aliphatic rings. The van der Waals surface area contributed by atoms with Crippen molar-refractivity contribution in [3.63, 3.8) is 0 Å². The summed E-state index contributed by atoms with van der Waals surface area (Å²) < 4.78 is 27.0. The number of sulfone groups is 1. The molecule has 0 saturated carbocycles. The van der Waals surface area contributed by atoms with Gasteiger partial charge in [-0.1, -0.05) is 12.1 Å². The smallest absolute Gasteiger partial charge is 0.147 e. The third-order valence-electron chi connectivity index (χ3n) is 2.66. The van der Waals surface area contributed by atoms with Crippen LogP contribution in [0.25, 0.3) is 0 Å². The maximum Gasteiger partial charge on any atom is 0.147 e. The summed E-state index contributed by atoms with van der Waals surface area (Å²) in [6, 6.07) is 8.36. The lowest BCUT2D eigenvalue weighted by atomic mass is 10.2. The number of ether oxygens (including phenoxy) is 1. The fourth-order valence-corrected chi connectivity index (χ4v) is 3.33. The van der Waals surface area contributed by atoms with Crippen LogP contribution in [0, 0.1) is 0 Å². The molecule has 0 bridgehead atoms. The number of nitrogens with one attached hydrogen (secondary N) is 1. The molecular weight excluding hydrogens is 294 g/mol. The van der Waals surface area contributed by atoms with E-state index in [9.17, 15) is 8.42 Å². The molecule has 1 N–H and O–H groups in total. The minimum atomic E-state index is -2.83. The van der Waals surface area contributed by atoms with Crippen LogP contribution in [0.4, 0.5) is 0 Å². The molecule has 0 spiro atoms. The van der Waals surface area contributed by atoms with Crippen molar-refractivity contribution in [1.29, 1.82) is 0 Å². The minimum Gasteiger partial charge on any atom is -0.383 e. The summed E-state index contributed by atoms with van der Waals surface area (Å²) >= 11 is 1.70. The first-order chi connectivity index (χ1) is 9.51. The van der Waals surface area contributed by atoms with Gasteiger partial charge in [0.1, 0.15) is 9.84 Å². The summed E-state index contributed by atoms with van der Waals surface area (Å²) in [5, 5.41) is 3.29. The number of hydrogen-bond donors (Lipinski definition) is 1. The maximum absolute atomic E-state index is 11.0. The third-order valence-corrected chi connectivity index (χ3v) is 4.79. The van der Waals surface area contributed by atoms with Gasteiger partial charge in [0.15, 0.2) is 0 Å². The lowest BCUT2D eigenvalue weighted by Crippen LogP contribution is -2.18. The summed E-state index contributed by atoms with van der Waals surface area (Å²) in [5.74, 6) is 1.10. The van der Waals surface area contributed by atoms with Crippen molar-refractivity contribution in [1.82, 2.24) is 5.32 Å². The van der Waals surface area contributed by atoms with Crippen molar-refractivity contribution in [3.8, 4) is 0 Å². The zero-order valence-electron chi connectivity index (χ0n) is 12.1. The van der Waals surface area contributed by atoms with Crippen LogP contribution in [0.2, 0.25) is 0 Å². The summed E-state index contributed by atoms with van der Waals surface area (Å²) in [5.41, 5.74) is 1.24. The van der Waals surface area contributed by atoms with Gasteiger partial charge in [0.05, 0.1) is 12.4 Å². The Balaban J connectivity index is 2.24. The highest BCUT2D eigenvalue weighted by molar-refractivity contribution is 7.99. The van der Waals surface area contributed by atoms with E-state index in [4.69, 9.17) is 4.74 Å². The molecule has 1 aromatic carbocycles. The van der Waals surface area contributed by atoms with Crippen molar-refractivity contribution in [3.05, 3.63) is 29.8 Å². The Morgan fingerprint density at radius 2 is 1.95 bits per heavy atom. The van der Waals surface area contributed by atoms with Crippen molar-refractivity contribution >= 4 is 21.6 Å². The standard InChI is InChI=1S/C14H23NO3S2/c1-18-9-8-15-12-13-4-6-14(7-5-13)19-10-3-11-20(2,16)17/h4-7,15H,3,8-12H2,1-2H3. The SMILES string of the molecule is COCCNCc1ccc(SCCCS(C)(=O)=O)cc1. The van der Waals surface area contributed by atoms with Gasteiger partial charge in [-0.15, -0.1) is 11.8 Å². The molecule has 114 valence electrons. The zero-order chi connectivity index (χ0) is 14.8. The first-order valence-corrected chi connectivity index (χ1v) is 9.65. The predicted molar refractivity (Wildman–Crippen MR) is 85.1 cm³/mol. The van der Waals surface area contributed by atoms with Gasteiger partial charge >= 0.3 is 0 Å². The Morgan fingerprint density at radius 3 is 2.55 bits per heavy atom. The molecule has 0 fully saturated rings. The van der Waals surface area contributed by atoms with E-state index in [0.717, 1.165) is 18.8 Å². The van der Waals surface area contributed by atoms with Crippen LogP contribution in [-0.2, 0) is 21.1 Å². The average molecular weight is 317 g/mol. The fraction of sp³-hybridized carbons (Fsp3) is 0.571. The lowest BCUT2D eigenvalue weighted by molar-refractivity contribution is 0.199. The Morgan fingerprint density at radius 1 is 1.25 bits per heavy atom. The van der Waals surface area contributed by atoms with Crippen LogP contribution < -0.4 is 5.32 Å². The van der Waals surface area contributed by atoms with E-state index in [1.54, 1.807) is 18.9 Å². The second kappa shape index (κ2) is 9.39. The topological polar surface area (TPSA) is 55.4 Å². The summed E-state index contributed by atoms with van der Waals surface area (Å²) in [7, 11) is -1.14. The van der Waals surface area contributed by atoms with Crippen LogP contribution in [-0.4, -0.2) is 46.4 Å². The molecule has 1 aromatic rings. The molecular formula is C14H23NO3S2. The monoisotopic (exact) mass is 317 g/mol. The van der Waals surface area contributed by atoms with Gasteiger partial charge in [0.25, 0.3) is 0 Å². The molecule has 0 amide bonds. The molecule has 6 heteroatoms. The van der Waals surface area contributed by atoms with Crippen molar-refractivity contribution < 1.29 is 13.2 Å². The van der Waals surface area contributed by atoms with E-state index in [1.807, 2.05) is 0 Å². The molecule has 0 aliphatic carbocycles. The number of rotatable bonds is 10. The second-order valence-corrected chi connectivity index (χ2v) is 8.07. The van der Waals surface area contributed by atoms with E-state index in [2.05, 4.69) is 29.6 Å². The van der Waals surface area contributed by atoms with Gasteiger partial charge in [0, 0.05) is 31.4 Å². The van der Waals surface area contributed by atoms with Crippen LogP contribution in [0.15, 0.2) is 29.2 Å². The van der Waals surface area contributed by atoms with Crippen LogP contribution >= 0.6 is 11.8 Å². The largest absolute Gasteiger partial charge is 0.383 e. The van der Waals surface area contributed by atoms with Gasteiger partial charge in [-0.3, -0.25) is 0 Å². The predicted octanol–water partition coefficient (Wildman–Crippen LogP) is 1.95. The van der Waals surface area contributed by atoms with Crippen LogP contribution in [0.5, 0.6) is 0 Å². The highest BCUT2D eigenvalue weighted by atomic mass is 32.2. The Hall–Kier alpha value is -0.560. The van der Waals surface area contributed by atoms with Gasteiger partial charge < -0.3 is 10.1 Å². The van der Waals surface area contributed by atoms with E-state index in [-0.39, 0.29) is 5.75 Å². The molecule has 4 nitrogen and oxygen atoms in total. The quantitative estimate of drug-likeness (QED) is 0.528. The molecule has 0 unspecified atom stereocenters. The normalized spacial score (nSPS) is 11.7. The molecule has 0 atom stereocenters. The van der Waals surface area contributed by atoms with Crippen LogP contribution in [0.1, 0.15) is 12.0 Å². The Kier molecular flexibility index (Phi) is 8.21. The molecule has 0 aromatic heterocycles. The Bertz CT molecular complexity index is 472. The second-order valence-electron chi connectivity index (χ2n) is 4.65. The van der Waals surface area contributed by atoms with Gasteiger partial charge in [-0.2, -0.15) is 0 Å². The highest BCUT2D eigenvalue weighted by Gasteiger charge is 2.02. The maximum atomic E-state index is 11.0. The van der Waals surface area contributed by atoms with E-state index < -0.39 is 9.84 Å². The van der Waals surface area contributed by atoms with Crippen molar-refractivity contribution in [2.75, 3.05) is 38.0 Å². The summed E-state index contributed by atoms with van der Waals surface area (Å²) in [4.78, 5) is 1.18. The number of thioether (sulfide) groups is 1. The lowest BCUT2D eigenvalue weighted by Gasteiger charge is -2.06. The van der Waals surface area contributed by atoms with E-state index >= 15 is 0 Å².